The van der Waals surface area contributed by atoms with Crippen LogP contribution in [0, 0.1) is 0 Å². The van der Waals surface area contributed by atoms with E-state index < -0.39 is 10.0 Å². The number of sulfonamides is 1. The lowest BCUT2D eigenvalue weighted by Gasteiger charge is -2.10. The number of ether oxygens (including phenoxy) is 1. The molecule has 0 aliphatic rings. The molecule has 2 aromatic carbocycles. The predicted octanol–water partition coefficient (Wildman–Crippen LogP) is 4.30. The molecule has 0 saturated heterocycles. The number of amides is 1. The average Bonchev–Trinajstić information content (AvgIpc) is 3.24. The largest absolute Gasteiger partial charge is 0.493 e. The van der Waals surface area contributed by atoms with Gasteiger partial charge in [-0.2, -0.15) is 0 Å². The van der Waals surface area contributed by atoms with Gasteiger partial charge in [0, 0.05) is 23.7 Å². The van der Waals surface area contributed by atoms with Crippen molar-refractivity contribution in [3.05, 3.63) is 65.7 Å². The first kappa shape index (κ1) is 21.8. The molecule has 1 heterocycles. The molecule has 0 saturated carbocycles. The van der Waals surface area contributed by atoms with Crippen LogP contribution in [0.4, 0.5) is 10.8 Å². The van der Waals surface area contributed by atoms with Crippen molar-refractivity contribution in [1.29, 1.82) is 0 Å². The molecule has 0 radical (unpaired) electrons. The zero-order chi connectivity index (χ0) is 21.4. The highest BCUT2D eigenvalue weighted by atomic mass is 32.2. The SMILES string of the molecule is CCc1ccccc1OCCCC(=O)Nc1ccc(S(=O)(=O)Nc2nccs2)cc1. The summed E-state index contributed by atoms with van der Waals surface area (Å²) in [5, 5.41) is 4.75. The van der Waals surface area contributed by atoms with E-state index in [1.165, 1.54) is 29.7 Å². The van der Waals surface area contributed by atoms with Crippen LogP contribution < -0.4 is 14.8 Å². The maximum Gasteiger partial charge on any atom is 0.263 e. The topological polar surface area (TPSA) is 97.4 Å². The second kappa shape index (κ2) is 10.2. The lowest BCUT2D eigenvalue weighted by Crippen LogP contribution is -2.14. The molecule has 9 heteroatoms. The summed E-state index contributed by atoms with van der Waals surface area (Å²) in [5.74, 6) is 0.697. The van der Waals surface area contributed by atoms with E-state index in [9.17, 15) is 13.2 Å². The fraction of sp³-hybridized carbons (Fsp3) is 0.238. The monoisotopic (exact) mass is 445 g/mol. The van der Waals surface area contributed by atoms with Crippen LogP contribution in [0.5, 0.6) is 5.75 Å². The van der Waals surface area contributed by atoms with Crippen molar-refractivity contribution in [3.63, 3.8) is 0 Å². The third-order valence-corrected chi connectivity index (χ3v) is 6.43. The standard InChI is InChI=1S/C21H23N3O4S2/c1-2-16-6-3-4-7-19(16)28-14-5-8-20(25)23-17-9-11-18(12-10-17)30(26,27)24-21-22-13-15-29-21/h3-4,6-7,9-13,15H,2,5,8,14H2,1H3,(H,22,24)(H,23,25). The molecule has 0 aliphatic heterocycles. The molecular weight excluding hydrogens is 422 g/mol. The number of hydrogen-bond donors (Lipinski definition) is 2. The number of aromatic nitrogens is 1. The molecule has 0 spiro atoms. The summed E-state index contributed by atoms with van der Waals surface area (Å²) in [5.41, 5.74) is 1.67. The summed E-state index contributed by atoms with van der Waals surface area (Å²) in [6.45, 7) is 2.52. The number of nitrogens with one attached hydrogen (secondary N) is 2. The molecule has 0 bridgehead atoms. The Balaban J connectivity index is 1.46. The first-order valence-corrected chi connectivity index (χ1v) is 11.9. The molecule has 30 heavy (non-hydrogen) atoms. The van der Waals surface area contributed by atoms with E-state index in [1.54, 1.807) is 17.5 Å². The fourth-order valence-electron chi connectivity index (χ4n) is 2.74. The Morgan fingerprint density at radius 2 is 1.90 bits per heavy atom. The van der Waals surface area contributed by atoms with E-state index >= 15 is 0 Å². The number of carbonyl (C=O) groups excluding carboxylic acids is 1. The summed E-state index contributed by atoms with van der Waals surface area (Å²) >= 11 is 1.20. The van der Waals surface area contributed by atoms with Gasteiger partial charge in [0.15, 0.2) is 5.13 Å². The third kappa shape index (κ3) is 6.04. The number of benzene rings is 2. The molecule has 0 aliphatic carbocycles. The van der Waals surface area contributed by atoms with Crippen LogP contribution in [0.25, 0.3) is 0 Å². The quantitative estimate of drug-likeness (QED) is 0.453. The molecular formula is C21H23N3O4S2. The highest BCUT2D eigenvalue weighted by Gasteiger charge is 2.15. The van der Waals surface area contributed by atoms with Crippen molar-refractivity contribution in [2.45, 2.75) is 31.1 Å². The average molecular weight is 446 g/mol. The third-order valence-electron chi connectivity index (χ3n) is 4.26. The second-order valence-corrected chi connectivity index (χ2v) is 9.01. The van der Waals surface area contributed by atoms with Gasteiger partial charge in [-0.3, -0.25) is 9.52 Å². The Morgan fingerprint density at radius 3 is 2.60 bits per heavy atom. The first-order chi connectivity index (χ1) is 14.5. The molecule has 0 atom stereocenters. The molecule has 7 nitrogen and oxygen atoms in total. The number of nitrogens with zero attached hydrogens (tertiary/aromatic N) is 1. The van der Waals surface area contributed by atoms with Crippen LogP contribution in [-0.2, 0) is 21.2 Å². The van der Waals surface area contributed by atoms with Gasteiger partial charge >= 0.3 is 0 Å². The van der Waals surface area contributed by atoms with Crippen molar-refractivity contribution in [2.24, 2.45) is 0 Å². The Bertz CT molecular complexity index is 1070. The Kier molecular flexibility index (Phi) is 7.42. The van der Waals surface area contributed by atoms with E-state index in [1.807, 2.05) is 24.3 Å². The molecule has 0 fully saturated rings. The minimum absolute atomic E-state index is 0.0960. The van der Waals surface area contributed by atoms with Crippen LogP contribution in [0.15, 0.2) is 65.0 Å². The molecule has 0 unspecified atom stereocenters. The van der Waals surface area contributed by atoms with Crippen molar-refractivity contribution < 1.29 is 17.9 Å². The molecule has 3 aromatic rings. The van der Waals surface area contributed by atoms with Gasteiger partial charge in [-0.15, -0.1) is 11.3 Å². The van der Waals surface area contributed by atoms with Gasteiger partial charge in [0.05, 0.1) is 11.5 Å². The number of hydrogen-bond acceptors (Lipinski definition) is 6. The number of rotatable bonds is 10. The predicted molar refractivity (Wildman–Crippen MR) is 119 cm³/mol. The van der Waals surface area contributed by atoms with Crippen LogP contribution >= 0.6 is 11.3 Å². The smallest absolute Gasteiger partial charge is 0.263 e. The molecule has 1 amide bonds. The summed E-state index contributed by atoms with van der Waals surface area (Å²) in [7, 11) is -3.71. The Hall–Kier alpha value is -2.91. The van der Waals surface area contributed by atoms with Crippen LogP contribution in [0.3, 0.4) is 0 Å². The minimum Gasteiger partial charge on any atom is -0.493 e. The van der Waals surface area contributed by atoms with E-state index in [-0.39, 0.29) is 10.8 Å². The fourth-order valence-corrected chi connectivity index (χ4v) is 4.53. The van der Waals surface area contributed by atoms with Crippen LogP contribution in [-0.4, -0.2) is 25.9 Å². The highest BCUT2D eigenvalue weighted by Crippen LogP contribution is 2.20. The number of thiazole rings is 1. The van der Waals surface area contributed by atoms with Gasteiger partial charge < -0.3 is 10.1 Å². The second-order valence-electron chi connectivity index (χ2n) is 6.43. The zero-order valence-electron chi connectivity index (χ0n) is 16.5. The lowest BCUT2D eigenvalue weighted by molar-refractivity contribution is -0.116. The Morgan fingerprint density at radius 1 is 1.13 bits per heavy atom. The number of anilines is 2. The van der Waals surface area contributed by atoms with Crippen LogP contribution in [0.1, 0.15) is 25.3 Å². The number of aryl methyl sites for hydroxylation is 1. The summed E-state index contributed by atoms with van der Waals surface area (Å²) in [4.78, 5) is 16.1. The van der Waals surface area contributed by atoms with E-state index in [4.69, 9.17) is 4.74 Å². The normalized spacial score (nSPS) is 11.1. The van der Waals surface area contributed by atoms with Gasteiger partial charge in [-0.1, -0.05) is 25.1 Å². The van der Waals surface area contributed by atoms with Crippen molar-refractivity contribution in [1.82, 2.24) is 4.98 Å². The summed E-state index contributed by atoms with van der Waals surface area (Å²) in [6, 6.07) is 13.9. The van der Waals surface area contributed by atoms with Gasteiger partial charge in [0.25, 0.3) is 10.0 Å². The molecule has 3 rings (SSSR count). The Labute approximate surface area is 180 Å². The lowest BCUT2D eigenvalue weighted by atomic mass is 10.1. The molecule has 158 valence electrons. The molecule has 1 aromatic heterocycles. The van der Waals surface area contributed by atoms with Crippen molar-refractivity contribution in [3.8, 4) is 5.75 Å². The van der Waals surface area contributed by atoms with Crippen molar-refractivity contribution >= 4 is 38.1 Å². The maximum absolute atomic E-state index is 12.3. The summed E-state index contributed by atoms with van der Waals surface area (Å²) in [6.07, 6.45) is 3.30. The minimum atomic E-state index is -3.71. The van der Waals surface area contributed by atoms with E-state index in [0.29, 0.717) is 30.3 Å². The summed E-state index contributed by atoms with van der Waals surface area (Å²) < 4.78 is 32.8. The molecule has 2 N–H and O–H groups in total. The van der Waals surface area contributed by atoms with Crippen molar-refractivity contribution in [2.75, 3.05) is 16.6 Å². The number of para-hydroxylation sites is 1. The zero-order valence-corrected chi connectivity index (χ0v) is 18.1. The van der Waals surface area contributed by atoms with E-state index in [2.05, 4.69) is 21.9 Å². The maximum atomic E-state index is 12.3. The number of carbonyl (C=O) groups is 1. The van der Waals surface area contributed by atoms with Gasteiger partial charge in [0.1, 0.15) is 5.75 Å². The first-order valence-electron chi connectivity index (χ1n) is 9.51. The van der Waals surface area contributed by atoms with Crippen LogP contribution in [0.2, 0.25) is 0 Å². The highest BCUT2D eigenvalue weighted by molar-refractivity contribution is 7.93. The van der Waals surface area contributed by atoms with Gasteiger partial charge in [-0.05, 0) is 48.7 Å². The van der Waals surface area contributed by atoms with E-state index in [0.717, 1.165) is 17.7 Å². The van der Waals surface area contributed by atoms with Gasteiger partial charge in [-0.25, -0.2) is 13.4 Å². The van der Waals surface area contributed by atoms with Gasteiger partial charge in [0.2, 0.25) is 5.91 Å².